The fraction of sp³-hybridized carbons (Fsp3) is 0.273. The second-order valence-corrected chi connectivity index (χ2v) is 8.75. The first-order valence-corrected chi connectivity index (χ1v) is 10.9. The van der Waals surface area contributed by atoms with Gasteiger partial charge < -0.3 is 14.8 Å². The van der Waals surface area contributed by atoms with Crippen LogP contribution in [0.5, 0.6) is 11.5 Å². The van der Waals surface area contributed by atoms with Crippen molar-refractivity contribution in [3.63, 3.8) is 0 Å². The summed E-state index contributed by atoms with van der Waals surface area (Å²) in [5.41, 5.74) is 3.96. The van der Waals surface area contributed by atoms with E-state index in [0.717, 1.165) is 34.3 Å². The van der Waals surface area contributed by atoms with Crippen molar-refractivity contribution in [1.29, 1.82) is 0 Å². The second kappa shape index (κ2) is 7.63. The van der Waals surface area contributed by atoms with Gasteiger partial charge in [0.05, 0.1) is 28.8 Å². The van der Waals surface area contributed by atoms with Crippen molar-refractivity contribution < 1.29 is 14.3 Å². The summed E-state index contributed by atoms with van der Waals surface area (Å²) >= 11 is 9.82. The van der Waals surface area contributed by atoms with Crippen LogP contribution in [0, 0.1) is 6.92 Å². The van der Waals surface area contributed by atoms with Crippen molar-refractivity contribution in [2.75, 3.05) is 18.5 Å². The van der Waals surface area contributed by atoms with E-state index in [9.17, 15) is 4.79 Å². The molecule has 1 fully saturated rings. The van der Waals surface area contributed by atoms with Gasteiger partial charge in [0.25, 0.3) is 5.91 Å². The highest BCUT2D eigenvalue weighted by Crippen LogP contribution is 2.43. The second-order valence-electron chi connectivity index (χ2n) is 7.49. The molecule has 1 aromatic heterocycles. The highest BCUT2D eigenvalue weighted by molar-refractivity contribution is 9.10. The number of aromatic nitrogens is 2. The zero-order valence-electron chi connectivity index (χ0n) is 16.2. The largest absolute Gasteiger partial charge is 0.486 e. The molecule has 5 rings (SSSR count). The quantitative estimate of drug-likeness (QED) is 0.527. The highest BCUT2D eigenvalue weighted by atomic mass is 79.9. The van der Waals surface area contributed by atoms with E-state index in [1.807, 2.05) is 35.9 Å². The molecule has 1 aliphatic heterocycles. The van der Waals surface area contributed by atoms with Crippen LogP contribution in [-0.2, 0) is 0 Å². The fourth-order valence-electron chi connectivity index (χ4n) is 3.55. The number of hydrogen-bond donors (Lipinski definition) is 1. The Bertz CT molecular complexity index is 1160. The molecule has 2 aromatic carbocycles. The van der Waals surface area contributed by atoms with Crippen molar-refractivity contribution in [3.05, 3.63) is 62.8 Å². The van der Waals surface area contributed by atoms with Gasteiger partial charge in [-0.05, 0) is 53.4 Å². The lowest BCUT2D eigenvalue weighted by Gasteiger charge is -2.20. The van der Waals surface area contributed by atoms with Crippen molar-refractivity contribution in [1.82, 2.24) is 9.78 Å². The van der Waals surface area contributed by atoms with Crippen molar-refractivity contribution >= 4 is 39.1 Å². The number of halogens is 2. The van der Waals surface area contributed by atoms with Crippen molar-refractivity contribution in [2.45, 2.75) is 25.7 Å². The number of amides is 1. The number of ether oxygens (including phenoxy) is 2. The molecule has 0 unspecified atom stereocenters. The molecular weight excluding hydrogens is 470 g/mol. The number of benzene rings is 2. The molecule has 0 saturated heterocycles. The van der Waals surface area contributed by atoms with Crippen molar-refractivity contribution in [2.24, 2.45) is 0 Å². The van der Waals surface area contributed by atoms with E-state index >= 15 is 0 Å². The number of carbonyl (C=O) groups is 1. The van der Waals surface area contributed by atoms with Gasteiger partial charge in [0.15, 0.2) is 11.5 Å². The average Bonchev–Trinajstić information content (AvgIpc) is 3.48. The first kappa shape index (κ1) is 19.5. The normalized spacial score (nSPS) is 15.2. The van der Waals surface area contributed by atoms with E-state index in [1.165, 1.54) is 0 Å². The van der Waals surface area contributed by atoms with Gasteiger partial charge in [0, 0.05) is 27.5 Å². The Labute approximate surface area is 187 Å². The summed E-state index contributed by atoms with van der Waals surface area (Å²) in [6, 6.07) is 9.40. The number of nitrogens with zero attached hydrogens (tertiary/aromatic N) is 2. The van der Waals surface area contributed by atoms with Crippen LogP contribution in [0.15, 0.2) is 41.0 Å². The zero-order valence-corrected chi connectivity index (χ0v) is 18.6. The van der Waals surface area contributed by atoms with Crippen LogP contribution in [-0.4, -0.2) is 28.9 Å². The summed E-state index contributed by atoms with van der Waals surface area (Å²) in [5.74, 6) is 1.39. The fourth-order valence-corrected chi connectivity index (χ4v) is 4.15. The van der Waals surface area contributed by atoms with Crippen LogP contribution in [0.25, 0.3) is 5.69 Å². The molecule has 0 atom stereocenters. The van der Waals surface area contributed by atoms with E-state index in [0.29, 0.717) is 46.9 Å². The monoisotopic (exact) mass is 487 g/mol. The number of rotatable bonds is 4. The molecular formula is C22H19BrClN3O3. The van der Waals surface area contributed by atoms with Crippen LogP contribution in [0.4, 0.5) is 5.69 Å². The van der Waals surface area contributed by atoms with Gasteiger partial charge in [-0.3, -0.25) is 4.79 Å². The van der Waals surface area contributed by atoms with Gasteiger partial charge in [-0.1, -0.05) is 17.7 Å². The Morgan fingerprint density at radius 3 is 2.63 bits per heavy atom. The van der Waals surface area contributed by atoms with Gasteiger partial charge in [-0.25, -0.2) is 4.68 Å². The van der Waals surface area contributed by atoms with Crippen LogP contribution in [0.1, 0.15) is 40.4 Å². The van der Waals surface area contributed by atoms with Crippen LogP contribution in [0.2, 0.25) is 5.02 Å². The first-order valence-electron chi connectivity index (χ1n) is 9.76. The molecule has 154 valence electrons. The minimum atomic E-state index is -0.210. The van der Waals surface area contributed by atoms with Gasteiger partial charge in [-0.15, -0.1) is 0 Å². The molecule has 2 heterocycles. The SMILES string of the molecule is Cc1ccc(-n2ncc(C(=O)Nc3cc4c(cc3Br)OCCO4)c2C2CC2)cc1Cl. The minimum Gasteiger partial charge on any atom is -0.486 e. The zero-order chi connectivity index (χ0) is 20.8. The molecule has 1 N–H and O–H groups in total. The summed E-state index contributed by atoms with van der Waals surface area (Å²) in [4.78, 5) is 13.2. The standard InChI is InChI=1S/C22H19BrClN3O3/c1-12-2-5-14(8-17(12)24)27-21(13-3-4-13)15(11-25-27)22(28)26-18-10-20-19(9-16(18)23)29-6-7-30-20/h2,5,8-11,13H,3-4,6-7H2,1H3,(H,26,28). The molecule has 1 aliphatic carbocycles. The molecule has 1 amide bonds. The molecule has 0 radical (unpaired) electrons. The van der Waals surface area contributed by atoms with E-state index in [1.54, 1.807) is 12.3 Å². The first-order chi connectivity index (χ1) is 14.5. The lowest BCUT2D eigenvalue weighted by molar-refractivity contribution is 0.102. The maximum atomic E-state index is 13.2. The van der Waals surface area contributed by atoms with Crippen LogP contribution >= 0.6 is 27.5 Å². The lowest BCUT2D eigenvalue weighted by atomic mass is 10.1. The number of anilines is 1. The molecule has 3 aromatic rings. The van der Waals surface area contributed by atoms with Crippen LogP contribution < -0.4 is 14.8 Å². The molecule has 6 nitrogen and oxygen atoms in total. The van der Waals surface area contributed by atoms with Crippen LogP contribution in [0.3, 0.4) is 0 Å². The van der Waals surface area contributed by atoms with E-state index < -0.39 is 0 Å². The molecule has 0 bridgehead atoms. The maximum absolute atomic E-state index is 13.2. The topological polar surface area (TPSA) is 65.4 Å². The van der Waals surface area contributed by atoms with Gasteiger partial charge in [0.1, 0.15) is 13.2 Å². The van der Waals surface area contributed by atoms with E-state index in [4.69, 9.17) is 21.1 Å². The molecule has 30 heavy (non-hydrogen) atoms. The number of fused-ring (bicyclic) bond motifs is 1. The van der Waals surface area contributed by atoms with Crippen molar-refractivity contribution in [3.8, 4) is 17.2 Å². The van der Waals surface area contributed by atoms with E-state index in [2.05, 4.69) is 26.3 Å². The van der Waals surface area contributed by atoms with E-state index in [-0.39, 0.29) is 5.91 Å². The summed E-state index contributed by atoms with van der Waals surface area (Å²) in [6.45, 7) is 2.96. The molecule has 1 saturated carbocycles. The third-order valence-corrected chi connectivity index (χ3v) is 6.36. The predicted octanol–water partition coefficient (Wildman–Crippen LogP) is 5.50. The molecule has 2 aliphatic rings. The van der Waals surface area contributed by atoms with Gasteiger partial charge in [0.2, 0.25) is 0 Å². The number of aryl methyl sites for hydroxylation is 1. The maximum Gasteiger partial charge on any atom is 0.259 e. The average molecular weight is 489 g/mol. The smallest absolute Gasteiger partial charge is 0.259 e. The third kappa shape index (κ3) is 3.56. The number of carbonyl (C=O) groups excluding carboxylic acids is 1. The summed E-state index contributed by atoms with van der Waals surface area (Å²) in [5, 5.41) is 8.18. The Hall–Kier alpha value is -2.51. The Kier molecular flexibility index (Phi) is 4.95. The number of nitrogens with one attached hydrogen (secondary N) is 1. The van der Waals surface area contributed by atoms with Gasteiger partial charge >= 0.3 is 0 Å². The highest BCUT2D eigenvalue weighted by Gasteiger charge is 2.33. The molecule has 8 heteroatoms. The summed E-state index contributed by atoms with van der Waals surface area (Å²) in [7, 11) is 0. The Morgan fingerprint density at radius 1 is 1.20 bits per heavy atom. The van der Waals surface area contributed by atoms with Gasteiger partial charge in [-0.2, -0.15) is 5.10 Å². The number of hydrogen-bond acceptors (Lipinski definition) is 4. The third-order valence-electron chi connectivity index (χ3n) is 5.30. The Morgan fingerprint density at radius 2 is 1.93 bits per heavy atom. The summed E-state index contributed by atoms with van der Waals surface area (Å²) in [6.07, 6.45) is 3.71. The minimum absolute atomic E-state index is 0.210. The Balaban J connectivity index is 1.48. The molecule has 0 spiro atoms. The lowest BCUT2D eigenvalue weighted by Crippen LogP contribution is -2.17. The summed E-state index contributed by atoms with van der Waals surface area (Å²) < 4.78 is 13.8. The predicted molar refractivity (Wildman–Crippen MR) is 118 cm³/mol.